The van der Waals surface area contributed by atoms with Crippen LogP contribution in [0, 0.1) is 0 Å². The zero-order chi connectivity index (χ0) is 14.2. The third-order valence-corrected chi connectivity index (χ3v) is 5.44. The van der Waals surface area contributed by atoms with Crippen molar-refractivity contribution >= 4 is 16.0 Å². The molecule has 106 valence electrons. The summed E-state index contributed by atoms with van der Waals surface area (Å²) in [6, 6.07) is 2.15. The molecule has 1 aromatic rings. The van der Waals surface area contributed by atoms with Gasteiger partial charge in [0, 0.05) is 12.1 Å². The molecule has 1 fully saturated rings. The summed E-state index contributed by atoms with van der Waals surface area (Å²) in [5.74, 6) is -1.64. The van der Waals surface area contributed by atoms with Gasteiger partial charge in [0.25, 0.3) is 10.0 Å². The standard InChI is InChI=1S/C12H17NO5S/c1-8-4-3-5-9(2)13(8)19(16,17)11-7-6-10(18-11)12(14)15/h6-9H,3-5H2,1-2H3,(H,14,15). The Hall–Kier alpha value is -1.34. The van der Waals surface area contributed by atoms with Gasteiger partial charge in [-0.1, -0.05) is 6.42 Å². The summed E-state index contributed by atoms with van der Waals surface area (Å²) in [6.45, 7) is 3.71. The average molecular weight is 287 g/mol. The van der Waals surface area contributed by atoms with E-state index in [1.165, 1.54) is 10.4 Å². The van der Waals surface area contributed by atoms with Crippen molar-refractivity contribution in [3.63, 3.8) is 0 Å². The van der Waals surface area contributed by atoms with Crippen LogP contribution < -0.4 is 0 Å². The number of aromatic carboxylic acids is 1. The highest BCUT2D eigenvalue weighted by molar-refractivity contribution is 7.89. The molecule has 1 aliphatic heterocycles. The van der Waals surface area contributed by atoms with Gasteiger partial charge in [0.2, 0.25) is 10.9 Å². The quantitative estimate of drug-likeness (QED) is 0.917. The second kappa shape index (κ2) is 4.97. The second-order valence-corrected chi connectivity index (χ2v) is 6.66. The number of nitrogens with zero attached hydrogens (tertiary/aromatic N) is 1. The predicted molar refractivity (Wildman–Crippen MR) is 67.5 cm³/mol. The van der Waals surface area contributed by atoms with Crippen LogP contribution in [0.15, 0.2) is 21.6 Å². The molecule has 0 saturated carbocycles. The minimum atomic E-state index is -3.77. The number of carboxylic acids is 1. The Morgan fingerprint density at radius 3 is 2.37 bits per heavy atom. The van der Waals surface area contributed by atoms with E-state index in [9.17, 15) is 13.2 Å². The maximum atomic E-state index is 12.5. The van der Waals surface area contributed by atoms with E-state index in [0.29, 0.717) is 0 Å². The van der Waals surface area contributed by atoms with Gasteiger partial charge in [-0.25, -0.2) is 13.2 Å². The van der Waals surface area contributed by atoms with Crippen molar-refractivity contribution in [2.24, 2.45) is 0 Å². The summed E-state index contributed by atoms with van der Waals surface area (Å²) in [5.41, 5.74) is 0. The molecule has 0 aromatic carbocycles. The normalized spacial score (nSPS) is 25.4. The molecule has 6 nitrogen and oxygen atoms in total. The van der Waals surface area contributed by atoms with E-state index in [-0.39, 0.29) is 22.9 Å². The SMILES string of the molecule is CC1CCCC(C)N1S(=O)(=O)c1ccc(C(=O)O)o1. The summed E-state index contributed by atoms with van der Waals surface area (Å²) >= 11 is 0. The van der Waals surface area contributed by atoms with E-state index in [1.54, 1.807) is 0 Å². The van der Waals surface area contributed by atoms with Gasteiger partial charge in [-0.2, -0.15) is 4.31 Å². The van der Waals surface area contributed by atoms with Crippen LogP contribution in [0.5, 0.6) is 0 Å². The summed E-state index contributed by atoms with van der Waals surface area (Å²) in [7, 11) is -3.77. The molecule has 2 atom stereocenters. The average Bonchev–Trinajstić information content (AvgIpc) is 2.78. The number of rotatable bonds is 3. The van der Waals surface area contributed by atoms with Crippen molar-refractivity contribution in [1.29, 1.82) is 0 Å². The topological polar surface area (TPSA) is 87.8 Å². The van der Waals surface area contributed by atoms with Crippen LogP contribution >= 0.6 is 0 Å². The van der Waals surface area contributed by atoms with Gasteiger partial charge < -0.3 is 9.52 Å². The molecule has 1 aliphatic rings. The van der Waals surface area contributed by atoms with Crippen molar-refractivity contribution < 1.29 is 22.7 Å². The molecule has 1 N–H and O–H groups in total. The van der Waals surface area contributed by atoms with Crippen LogP contribution in [-0.2, 0) is 10.0 Å². The molecule has 7 heteroatoms. The number of sulfonamides is 1. The zero-order valence-electron chi connectivity index (χ0n) is 10.9. The molecule has 1 saturated heterocycles. The molecule has 0 aliphatic carbocycles. The number of hydrogen-bond donors (Lipinski definition) is 1. The molecule has 0 spiro atoms. The van der Waals surface area contributed by atoms with Crippen molar-refractivity contribution in [3.8, 4) is 0 Å². The van der Waals surface area contributed by atoms with Crippen LogP contribution in [0.1, 0.15) is 43.7 Å². The number of piperidine rings is 1. The van der Waals surface area contributed by atoms with Gasteiger partial charge in [0.05, 0.1) is 0 Å². The van der Waals surface area contributed by atoms with Crippen LogP contribution in [0.25, 0.3) is 0 Å². The first-order valence-corrected chi connectivity index (χ1v) is 7.64. The lowest BCUT2D eigenvalue weighted by Gasteiger charge is -2.36. The molecule has 0 bridgehead atoms. The minimum absolute atomic E-state index is 0.105. The van der Waals surface area contributed by atoms with E-state index >= 15 is 0 Å². The lowest BCUT2D eigenvalue weighted by atomic mass is 10.0. The first kappa shape index (κ1) is 14.1. The smallest absolute Gasteiger partial charge is 0.371 e. The van der Waals surface area contributed by atoms with Crippen molar-refractivity contribution in [2.75, 3.05) is 0 Å². The highest BCUT2D eigenvalue weighted by Gasteiger charge is 2.37. The van der Waals surface area contributed by atoms with Crippen molar-refractivity contribution in [2.45, 2.75) is 50.3 Å². The monoisotopic (exact) mass is 287 g/mol. The maximum Gasteiger partial charge on any atom is 0.371 e. The fraction of sp³-hybridized carbons (Fsp3) is 0.583. The predicted octanol–water partition coefficient (Wildman–Crippen LogP) is 1.93. The van der Waals surface area contributed by atoms with E-state index in [1.807, 2.05) is 13.8 Å². The minimum Gasteiger partial charge on any atom is -0.475 e. The molecule has 0 amide bonds. The Morgan fingerprint density at radius 1 is 1.32 bits per heavy atom. The zero-order valence-corrected chi connectivity index (χ0v) is 11.7. The summed E-state index contributed by atoms with van der Waals surface area (Å²) in [4.78, 5) is 10.7. The summed E-state index contributed by atoms with van der Waals surface area (Å²) in [6.07, 6.45) is 2.60. The highest BCUT2D eigenvalue weighted by Crippen LogP contribution is 2.30. The summed E-state index contributed by atoms with van der Waals surface area (Å²) < 4.78 is 31.3. The fourth-order valence-corrected chi connectivity index (χ4v) is 4.35. The fourth-order valence-electron chi connectivity index (χ4n) is 2.55. The Morgan fingerprint density at radius 2 is 1.89 bits per heavy atom. The Labute approximate surface area is 112 Å². The number of hydrogen-bond acceptors (Lipinski definition) is 4. The van der Waals surface area contributed by atoms with Crippen molar-refractivity contribution in [3.05, 3.63) is 17.9 Å². The van der Waals surface area contributed by atoms with E-state index < -0.39 is 16.0 Å². The molecule has 2 rings (SSSR count). The third kappa shape index (κ3) is 2.52. The largest absolute Gasteiger partial charge is 0.475 e. The number of furan rings is 1. The van der Waals surface area contributed by atoms with E-state index in [2.05, 4.69) is 0 Å². The number of carboxylic acid groups (broad SMARTS) is 1. The highest BCUT2D eigenvalue weighted by atomic mass is 32.2. The number of carbonyl (C=O) groups is 1. The van der Waals surface area contributed by atoms with Crippen molar-refractivity contribution in [1.82, 2.24) is 4.31 Å². The Kier molecular flexibility index (Phi) is 3.69. The lowest BCUT2D eigenvalue weighted by molar-refractivity contribution is 0.0656. The first-order chi connectivity index (χ1) is 8.84. The van der Waals surface area contributed by atoms with Gasteiger partial charge in [-0.05, 0) is 38.8 Å². The van der Waals surface area contributed by atoms with Crippen LogP contribution in [0.2, 0.25) is 0 Å². The second-order valence-electron chi connectivity index (χ2n) is 4.89. The Bertz CT molecular complexity index is 567. The van der Waals surface area contributed by atoms with Crippen LogP contribution in [-0.4, -0.2) is 35.9 Å². The molecular formula is C12H17NO5S. The van der Waals surface area contributed by atoms with E-state index in [0.717, 1.165) is 25.3 Å². The molecule has 1 aromatic heterocycles. The van der Waals surface area contributed by atoms with Crippen LogP contribution in [0.3, 0.4) is 0 Å². The lowest BCUT2D eigenvalue weighted by Crippen LogP contribution is -2.47. The first-order valence-electron chi connectivity index (χ1n) is 6.20. The van der Waals surface area contributed by atoms with E-state index in [4.69, 9.17) is 9.52 Å². The van der Waals surface area contributed by atoms with Gasteiger partial charge in [0.1, 0.15) is 0 Å². The summed E-state index contributed by atoms with van der Waals surface area (Å²) in [5, 5.41) is 8.48. The molecule has 19 heavy (non-hydrogen) atoms. The molecular weight excluding hydrogens is 270 g/mol. The molecule has 0 radical (unpaired) electrons. The van der Waals surface area contributed by atoms with Gasteiger partial charge in [0.15, 0.2) is 0 Å². The van der Waals surface area contributed by atoms with Gasteiger partial charge in [-0.3, -0.25) is 0 Å². The maximum absolute atomic E-state index is 12.5. The van der Waals surface area contributed by atoms with Crippen LogP contribution in [0.4, 0.5) is 0 Å². The van der Waals surface area contributed by atoms with Gasteiger partial charge >= 0.3 is 5.97 Å². The Balaban J connectivity index is 2.37. The third-order valence-electron chi connectivity index (χ3n) is 3.44. The molecule has 2 heterocycles. The van der Waals surface area contributed by atoms with Gasteiger partial charge in [-0.15, -0.1) is 0 Å². The molecule has 2 unspecified atom stereocenters.